The van der Waals surface area contributed by atoms with E-state index in [1.54, 1.807) is 31.4 Å². The van der Waals surface area contributed by atoms with Crippen LogP contribution >= 0.6 is 0 Å². The molecule has 1 aromatic rings. The summed E-state index contributed by atoms with van der Waals surface area (Å²) in [6.45, 7) is 0.812. The average molecular weight is 236 g/mol. The van der Waals surface area contributed by atoms with Crippen LogP contribution in [0.15, 0.2) is 24.5 Å². The molecule has 0 saturated heterocycles. The van der Waals surface area contributed by atoms with Crippen molar-refractivity contribution in [3.8, 4) is 0 Å². The summed E-state index contributed by atoms with van der Waals surface area (Å²) in [6.07, 6.45) is 3.51. The van der Waals surface area contributed by atoms with Crippen LogP contribution in [-0.4, -0.2) is 54.9 Å². The Balaban J connectivity index is 2.71. The highest BCUT2D eigenvalue weighted by Crippen LogP contribution is 2.16. The molecule has 1 heterocycles. The number of rotatable bonds is 5. The molecule has 0 saturated carbocycles. The normalized spacial score (nSPS) is 12.5. The predicted molar refractivity (Wildman–Crippen MR) is 67.4 cm³/mol. The van der Waals surface area contributed by atoms with Crippen LogP contribution in [0, 0.1) is 0 Å². The van der Waals surface area contributed by atoms with Crippen molar-refractivity contribution in [2.75, 3.05) is 34.2 Å². The Hall–Kier alpha value is -1.46. The lowest BCUT2D eigenvalue weighted by Crippen LogP contribution is -2.38. The Morgan fingerprint density at radius 2 is 2.18 bits per heavy atom. The van der Waals surface area contributed by atoms with E-state index in [9.17, 15) is 4.79 Å². The quantitative estimate of drug-likeness (QED) is 0.787. The van der Waals surface area contributed by atoms with Crippen molar-refractivity contribution in [1.29, 1.82) is 0 Å². The number of carbonyl (C=O) groups excluding carboxylic acids is 1. The van der Waals surface area contributed by atoms with Gasteiger partial charge in [-0.05, 0) is 18.7 Å². The zero-order chi connectivity index (χ0) is 12.8. The molecule has 0 bridgehead atoms. The van der Waals surface area contributed by atoms with Crippen LogP contribution in [-0.2, 0) is 4.79 Å². The highest BCUT2D eigenvalue weighted by Gasteiger charge is 2.18. The largest absolute Gasteiger partial charge is 0.348 e. The van der Waals surface area contributed by atoms with Gasteiger partial charge in [-0.2, -0.15) is 0 Å². The fourth-order valence-corrected chi connectivity index (χ4v) is 1.61. The van der Waals surface area contributed by atoms with Crippen LogP contribution < -0.4 is 5.73 Å². The molecule has 0 aromatic carbocycles. The third kappa shape index (κ3) is 3.80. The molecule has 17 heavy (non-hydrogen) atoms. The first-order valence-electron chi connectivity index (χ1n) is 5.56. The molecule has 5 nitrogen and oxygen atoms in total. The standard InChI is InChI=1S/C12H20N4O/c1-15(2)12(17)9-16(3)11(7-13)10-5-4-6-14-8-10/h4-6,8,11H,7,9,13H2,1-3H3. The van der Waals surface area contributed by atoms with Gasteiger partial charge in [-0.1, -0.05) is 6.07 Å². The van der Waals surface area contributed by atoms with Crippen LogP contribution in [0.25, 0.3) is 0 Å². The van der Waals surface area contributed by atoms with Crippen LogP contribution in [0.1, 0.15) is 11.6 Å². The average Bonchev–Trinajstić information content (AvgIpc) is 2.31. The van der Waals surface area contributed by atoms with Crippen molar-refractivity contribution in [3.05, 3.63) is 30.1 Å². The molecular weight excluding hydrogens is 216 g/mol. The second-order valence-corrected chi connectivity index (χ2v) is 4.24. The van der Waals surface area contributed by atoms with Gasteiger partial charge in [0.25, 0.3) is 0 Å². The smallest absolute Gasteiger partial charge is 0.236 e. The van der Waals surface area contributed by atoms with Gasteiger partial charge in [0, 0.05) is 39.1 Å². The van der Waals surface area contributed by atoms with E-state index in [1.807, 2.05) is 24.1 Å². The molecule has 94 valence electrons. The SMILES string of the molecule is CN(C)C(=O)CN(C)C(CN)c1cccnc1. The molecule has 1 rings (SSSR count). The molecule has 2 N–H and O–H groups in total. The lowest BCUT2D eigenvalue weighted by atomic mass is 10.1. The van der Waals surface area contributed by atoms with Crippen molar-refractivity contribution >= 4 is 5.91 Å². The number of carbonyl (C=O) groups is 1. The van der Waals surface area contributed by atoms with E-state index in [0.29, 0.717) is 13.1 Å². The Morgan fingerprint density at radius 3 is 2.65 bits per heavy atom. The first-order chi connectivity index (χ1) is 8.06. The van der Waals surface area contributed by atoms with Gasteiger partial charge in [0.2, 0.25) is 5.91 Å². The minimum absolute atomic E-state index is 0.0209. The maximum absolute atomic E-state index is 11.6. The van der Waals surface area contributed by atoms with Gasteiger partial charge in [0.1, 0.15) is 0 Å². The van der Waals surface area contributed by atoms with Crippen LogP contribution in [0.5, 0.6) is 0 Å². The van der Waals surface area contributed by atoms with Crippen LogP contribution in [0.3, 0.4) is 0 Å². The molecule has 1 amide bonds. The summed E-state index contributed by atoms with van der Waals surface area (Å²) in [6, 6.07) is 3.87. The summed E-state index contributed by atoms with van der Waals surface area (Å²) in [5, 5.41) is 0. The topological polar surface area (TPSA) is 62.5 Å². The zero-order valence-electron chi connectivity index (χ0n) is 10.6. The number of amides is 1. The summed E-state index contributed by atoms with van der Waals surface area (Å²) in [4.78, 5) is 19.2. The van der Waals surface area contributed by atoms with Crippen LogP contribution in [0.4, 0.5) is 0 Å². The minimum Gasteiger partial charge on any atom is -0.348 e. The number of hydrogen-bond acceptors (Lipinski definition) is 4. The summed E-state index contributed by atoms with van der Waals surface area (Å²) in [7, 11) is 5.39. The Morgan fingerprint density at radius 1 is 1.47 bits per heavy atom. The summed E-state index contributed by atoms with van der Waals surface area (Å²) in [5.74, 6) is 0.0647. The van der Waals surface area contributed by atoms with E-state index >= 15 is 0 Å². The van der Waals surface area contributed by atoms with Gasteiger partial charge in [-0.15, -0.1) is 0 Å². The van der Waals surface area contributed by atoms with E-state index in [1.165, 1.54) is 0 Å². The third-order valence-electron chi connectivity index (χ3n) is 2.71. The first-order valence-corrected chi connectivity index (χ1v) is 5.56. The molecule has 0 aliphatic heterocycles. The van der Waals surface area contributed by atoms with Crippen molar-refractivity contribution < 1.29 is 4.79 Å². The van der Waals surface area contributed by atoms with Gasteiger partial charge in [0.15, 0.2) is 0 Å². The second kappa shape index (κ2) is 6.32. The Bertz CT molecular complexity index is 353. The minimum atomic E-state index is 0.0209. The molecule has 0 radical (unpaired) electrons. The number of hydrogen-bond donors (Lipinski definition) is 1. The molecule has 1 unspecified atom stereocenters. The molecule has 1 atom stereocenters. The van der Waals surface area contributed by atoms with Gasteiger partial charge in [-0.25, -0.2) is 0 Å². The van der Waals surface area contributed by atoms with E-state index in [4.69, 9.17) is 5.73 Å². The number of aromatic nitrogens is 1. The van der Waals surface area contributed by atoms with Gasteiger partial charge >= 0.3 is 0 Å². The number of nitrogens with two attached hydrogens (primary N) is 1. The van der Waals surface area contributed by atoms with Gasteiger partial charge < -0.3 is 10.6 Å². The maximum atomic E-state index is 11.6. The summed E-state index contributed by atoms with van der Waals surface area (Å²) >= 11 is 0. The highest BCUT2D eigenvalue weighted by molar-refractivity contribution is 5.77. The molecule has 0 aliphatic rings. The third-order valence-corrected chi connectivity index (χ3v) is 2.71. The van der Waals surface area contributed by atoms with E-state index in [-0.39, 0.29) is 11.9 Å². The van der Waals surface area contributed by atoms with E-state index in [0.717, 1.165) is 5.56 Å². The summed E-state index contributed by atoms with van der Waals surface area (Å²) in [5.41, 5.74) is 6.79. The fraction of sp³-hybridized carbons (Fsp3) is 0.500. The number of likely N-dealkylation sites (N-methyl/N-ethyl adjacent to an activating group) is 2. The number of nitrogens with zero attached hydrogens (tertiary/aromatic N) is 3. The van der Waals surface area contributed by atoms with Gasteiger partial charge in [0.05, 0.1) is 6.54 Å². The lowest BCUT2D eigenvalue weighted by Gasteiger charge is -2.27. The van der Waals surface area contributed by atoms with Crippen molar-refractivity contribution in [2.24, 2.45) is 5.73 Å². The molecule has 0 spiro atoms. The Labute approximate surface area is 102 Å². The predicted octanol–water partition coefficient (Wildman–Crippen LogP) is 0.101. The Kier molecular flexibility index (Phi) is 5.06. The molecule has 0 aliphatic carbocycles. The van der Waals surface area contributed by atoms with Gasteiger partial charge in [-0.3, -0.25) is 14.7 Å². The van der Waals surface area contributed by atoms with Crippen molar-refractivity contribution in [1.82, 2.24) is 14.8 Å². The highest BCUT2D eigenvalue weighted by atomic mass is 16.2. The molecular formula is C12H20N4O. The second-order valence-electron chi connectivity index (χ2n) is 4.24. The van der Waals surface area contributed by atoms with Crippen LogP contribution in [0.2, 0.25) is 0 Å². The van der Waals surface area contributed by atoms with Crippen molar-refractivity contribution in [2.45, 2.75) is 6.04 Å². The number of pyridine rings is 1. The van der Waals surface area contributed by atoms with E-state index < -0.39 is 0 Å². The first kappa shape index (κ1) is 13.6. The van der Waals surface area contributed by atoms with Crippen molar-refractivity contribution in [3.63, 3.8) is 0 Å². The monoisotopic (exact) mass is 236 g/mol. The fourth-order valence-electron chi connectivity index (χ4n) is 1.61. The zero-order valence-corrected chi connectivity index (χ0v) is 10.6. The lowest BCUT2D eigenvalue weighted by molar-refractivity contribution is -0.130. The summed E-state index contributed by atoms with van der Waals surface area (Å²) < 4.78 is 0. The molecule has 0 fully saturated rings. The maximum Gasteiger partial charge on any atom is 0.236 e. The molecule has 5 heteroatoms. The van der Waals surface area contributed by atoms with E-state index in [2.05, 4.69) is 4.98 Å². The molecule has 1 aromatic heterocycles.